The van der Waals surface area contributed by atoms with Crippen LogP contribution in [0.3, 0.4) is 0 Å². The Morgan fingerprint density at radius 3 is 2.67 bits per heavy atom. The maximum absolute atomic E-state index is 12.5. The topological polar surface area (TPSA) is 47.6 Å². The van der Waals surface area contributed by atoms with Crippen molar-refractivity contribution in [1.82, 2.24) is 0 Å². The molecule has 0 saturated carbocycles. The van der Waals surface area contributed by atoms with Crippen molar-refractivity contribution < 1.29 is 14.3 Å². The summed E-state index contributed by atoms with van der Waals surface area (Å²) in [6, 6.07) is 9.54. The van der Waals surface area contributed by atoms with Gasteiger partial charge in [0.15, 0.2) is 11.5 Å². The predicted molar refractivity (Wildman–Crippen MR) is 111 cm³/mol. The first-order valence-electron chi connectivity index (χ1n) is 8.49. The number of nitrogens with one attached hydrogen (secondary N) is 1. The molecule has 1 aliphatic rings. The molecule has 1 aliphatic heterocycles. The van der Waals surface area contributed by atoms with Gasteiger partial charge in [0, 0.05) is 27.6 Å². The van der Waals surface area contributed by atoms with E-state index in [4.69, 9.17) is 32.7 Å². The minimum absolute atomic E-state index is 0.105. The Bertz CT molecular complexity index is 871. The summed E-state index contributed by atoms with van der Waals surface area (Å²) < 4.78 is 10.8. The molecular weight excluding hydrogens is 405 g/mol. The van der Waals surface area contributed by atoms with Crippen LogP contribution in [-0.2, 0) is 10.5 Å². The monoisotopic (exact) mass is 425 g/mol. The lowest BCUT2D eigenvalue weighted by Crippen LogP contribution is -2.32. The number of rotatable bonds is 6. The zero-order chi connectivity index (χ0) is 19.6. The number of hydrogen-bond donors (Lipinski definition) is 1. The van der Waals surface area contributed by atoms with Crippen LogP contribution in [0.15, 0.2) is 35.2 Å². The van der Waals surface area contributed by atoms with Gasteiger partial charge in [0.05, 0.1) is 11.1 Å². The third-order valence-electron chi connectivity index (χ3n) is 4.32. The number of alkyl halides is 1. The van der Waals surface area contributed by atoms with Gasteiger partial charge in [-0.05, 0) is 44.0 Å². The van der Waals surface area contributed by atoms with Crippen LogP contribution in [-0.4, -0.2) is 18.6 Å². The van der Waals surface area contributed by atoms with Crippen molar-refractivity contribution in [3.8, 4) is 11.5 Å². The molecule has 1 N–H and O–H groups in total. The van der Waals surface area contributed by atoms with Gasteiger partial charge in [-0.2, -0.15) is 0 Å². The van der Waals surface area contributed by atoms with Gasteiger partial charge in [0.1, 0.15) is 0 Å². The normalized spacial score (nSPS) is 12.9. The standard InChI is InChI=1S/C20H21Cl2NO3S/c1-12-5-4-6-15(23-19(24)20(2,3)10-21)18(12)27-9-13-7-16-17(8-14(13)22)26-11-25-16/h4-8H,9-11H2,1-3H3,(H,23,24). The van der Waals surface area contributed by atoms with Crippen molar-refractivity contribution in [2.45, 2.75) is 31.4 Å². The van der Waals surface area contributed by atoms with Crippen LogP contribution in [0.4, 0.5) is 5.69 Å². The minimum Gasteiger partial charge on any atom is -0.454 e. The quantitative estimate of drug-likeness (QED) is 0.463. The van der Waals surface area contributed by atoms with Gasteiger partial charge in [0.2, 0.25) is 12.7 Å². The molecule has 2 aromatic carbocycles. The third kappa shape index (κ3) is 4.48. The predicted octanol–water partition coefficient (Wildman–Crippen LogP) is 5.87. The molecule has 0 aliphatic carbocycles. The minimum atomic E-state index is -0.645. The summed E-state index contributed by atoms with van der Waals surface area (Å²) in [4.78, 5) is 13.5. The van der Waals surface area contributed by atoms with E-state index in [1.165, 1.54) is 0 Å². The van der Waals surface area contributed by atoms with E-state index in [1.54, 1.807) is 17.8 Å². The molecule has 0 saturated heterocycles. The van der Waals surface area contributed by atoms with E-state index in [9.17, 15) is 4.79 Å². The first kappa shape index (κ1) is 20.2. The Balaban J connectivity index is 1.80. The SMILES string of the molecule is Cc1cccc(NC(=O)C(C)(C)CCl)c1SCc1cc2c(cc1Cl)OCO2. The van der Waals surface area contributed by atoms with Gasteiger partial charge < -0.3 is 14.8 Å². The third-order valence-corrected chi connectivity index (χ3v) is 6.63. The molecule has 144 valence electrons. The Hall–Kier alpha value is -1.56. The fourth-order valence-electron chi connectivity index (χ4n) is 2.51. The maximum atomic E-state index is 12.5. The van der Waals surface area contributed by atoms with E-state index in [-0.39, 0.29) is 18.6 Å². The number of carbonyl (C=O) groups excluding carboxylic acids is 1. The second kappa shape index (κ2) is 8.21. The number of ether oxygens (including phenoxy) is 2. The second-order valence-electron chi connectivity index (χ2n) is 7.01. The Morgan fingerprint density at radius 1 is 1.26 bits per heavy atom. The number of carbonyl (C=O) groups is 1. The van der Waals surface area contributed by atoms with E-state index in [2.05, 4.69) is 5.32 Å². The highest BCUT2D eigenvalue weighted by atomic mass is 35.5. The molecule has 0 atom stereocenters. The summed E-state index contributed by atoms with van der Waals surface area (Å²) in [5.41, 5.74) is 2.17. The van der Waals surface area contributed by atoms with Crippen LogP contribution in [0.2, 0.25) is 5.02 Å². The van der Waals surface area contributed by atoms with Crippen molar-refractivity contribution in [3.63, 3.8) is 0 Å². The number of thioether (sulfide) groups is 1. The van der Waals surface area contributed by atoms with Crippen molar-refractivity contribution in [2.24, 2.45) is 5.41 Å². The first-order chi connectivity index (χ1) is 12.8. The highest BCUT2D eigenvalue weighted by Gasteiger charge is 2.27. The van der Waals surface area contributed by atoms with E-state index in [1.807, 2.05) is 45.0 Å². The molecule has 4 nitrogen and oxygen atoms in total. The summed E-state index contributed by atoms with van der Waals surface area (Å²) in [7, 11) is 0. The van der Waals surface area contributed by atoms with Crippen LogP contribution in [0.25, 0.3) is 0 Å². The molecule has 3 rings (SSSR count). The number of benzene rings is 2. The van der Waals surface area contributed by atoms with Crippen molar-refractivity contribution >= 4 is 46.6 Å². The fraction of sp³-hybridized carbons (Fsp3) is 0.350. The first-order valence-corrected chi connectivity index (χ1v) is 10.4. The van der Waals surface area contributed by atoms with Gasteiger partial charge in [-0.15, -0.1) is 23.4 Å². The van der Waals surface area contributed by atoms with E-state index >= 15 is 0 Å². The summed E-state index contributed by atoms with van der Waals surface area (Å²) in [6.45, 7) is 5.88. The number of halogens is 2. The molecule has 0 unspecified atom stereocenters. The number of hydrogen-bond acceptors (Lipinski definition) is 4. The summed E-state index contributed by atoms with van der Waals surface area (Å²) in [6.07, 6.45) is 0. The molecule has 2 aromatic rings. The Labute approximate surface area is 173 Å². The van der Waals surface area contributed by atoms with Gasteiger partial charge >= 0.3 is 0 Å². The Kier molecular flexibility index (Phi) is 6.14. The number of fused-ring (bicyclic) bond motifs is 1. The molecular formula is C20H21Cl2NO3S. The number of aryl methyl sites for hydroxylation is 1. The number of amides is 1. The van der Waals surface area contributed by atoms with Crippen LogP contribution >= 0.6 is 35.0 Å². The van der Waals surface area contributed by atoms with E-state index in [0.717, 1.165) is 21.7 Å². The summed E-state index contributed by atoms with van der Waals surface area (Å²) in [5, 5.41) is 3.65. The second-order valence-corrected chi connectivity index (χ2v) is 8.67. The average molecular weight is 426 g/mol. The molecule has 0 fully saturated rings. The van der Waals surface area contributed by atoms with Crippen molar-refractivity contribution in [3.05, 3.63) is 46.5 Å². The summed E-state index contributed by atoms with van der Waals surface area (Å²) >= 11 is 13.9. The zero-order valence-electron chi connectivity index (χ0n) is 15.4. The van der Waals surface area contributed by atoms with Crippen LogP contribution < -0.4 is 14.8 Å². The highest BCUT2D eigenvalue weighted by Crippen LogP contribution is 2.40. The molecule has 1 amide bonds. The van der Waals surface area contributed by atoms with Crippen molar-refractivity contribution in [2.75, 3.05) is 18.0 Å². The van der Waals surface area contributed by atoms with Gasteiger partial charge in [-0.25, -0.2) is 0 Å². The largest absolute Gasteiger partial charge is 0.454 e. The average Bonchev–Trinajstić information content (AvgIpc) is 3.08. The van der Waals surface area contributed by atoms with Crippen LogP contribution in [0.1, 0.15) is 25.0 Å². The van der Waals surface area contributed by atoms with E-state index in [0.29, 0.717) is 22.3 Å². The molecule has 7 heteroatoms. The van der Waals surface area contributed by atoms with Gasteiger partial charge in [-0.3, -0.25) is 4.79 Å². The van der Waals surface area contributed by atoms with Crippen LogP contribution in [0.5, 0.6) is 11.5 Å². The molecule has 0 aromatic heterocycles. The lowest BCUT2D eigenvalue weighted by atomic mass is 9.95. The number of anilines is 1. The molecule has 27 heavy (non-hydrogen) atoms. The Morgan fingerprint density at radius 2 is 1.96 bits per heavy atom. The van der Waals surface area contributed by atoms with Gasteiger partial charge in [0.25, 0.3) is 0 Å². The molecule has 0 radical (unpaired) electrons. The summed E-state index contributed by atoms with van der Waals surface area (Å²) in [5.74, 6) is 2.16. The zero-order valence-corrected chi connectivity index (χ0v) is 17.7. The lowest BCUT2D eigenvalue weighted by molar-refractivity contribution is -0.122. The van der Waals surface area contributed by atoms with Gasteiger partial charge in [-0.1, -0.05) is 23.7 Å². The lowest BCUT2D eigenvalue weighted by Gasteiger charge is -2.22. The maximum Gasteiger partial charge on any atom is 0.231 e. The fourth-order valence-corrected chi connectivity index (χ4v) is 4.04. The smallest absolute Gasteiger partial charge is 0.231 e. The van der Waals surface area contributed by atoms with E-state index < -0.39 is 5.41 Å². The van der Waals surface area contributed by atoms with Crippen LogP contribution in [0, 0.1) is 12.3 Å². The molecule has 0 spiro atoms. The molecule has 1 heterocycles. The molecule has 0 bridgehead atoms. The highest BCUT2D eigenvalue weighted by molar-refractivity contribution is 7.98. The van der Waals surface area contributed by atoms with Crippen molar-refractivity contribution in [1.29, 1.82) is 0 Å².